The molecule has 0 saturated carbocycles. The highest BCUT2D eigenvalue weighted by Crippen LogP contribution is 2.30. The Labute approximate surface area is 112 Å². The van der Waals surface area contributed by atoms with Gasteiger partial charge in [-0.05, 0) is 43.2 Å². The van der Waals surface area contributed by atoms with Crippen molar-refractivity contribution in [2.24, 2.45) is 5.73 Å². The first-order chi connectivity index (χ1) is 8.60. The fraction of sp³-hybridized carbons (Fsp3) is 0.200. The molecule has 0 aliphatic rings. The van der Waals surface area contributed by atoms with Crippen LogP contribution in [-0.2, 0) is 6.54 Å². The number of benzene rings is 2. The first-order valence-electron chi connectivity index (χ1n) is 5.84. The second-order valence-corrected chi connectivity index (χ2v) is 4.76. The minimum Gasteiger partial charge on any atom is -0.457 e. The second-order valence-electron chi connectivity index (χ2n) is 4.33. The monoisotopic (exact) mass is 261 g/mol. The van der Waals surface area contributed by atoms with Gasteiger partial charge in [0.25, 0.3) is 0 Å². The number of aryl methyl sites for hydroxylation is 2. The summed E-state index contributed by atoms with van der Waals surface area (Å²) in [5.74, 6) is 1.56. The Hall–Kier alpha value is -1.51. The largest absolute Gasteiger partial charge is 0.457 e. The number of rotatable bonds is 3. The molecular formula is C15H16ClNO. The summed E-state index contributed by atoms with van der Waals surface area (Å²) in [5, 5.41) is 0.646. The van der Waals surface area contributed by atoms with Gasteiger partial charge in [0, 0.05) is 17.1 Å². The van der Waals surface area contributed by atoms with Gasteiger partial charge in [0.05, 0.1) is 0 Å². The van der Waals surface area contributed by atoms with Crippen LogP contribution in [0.25, 0.3) is 0 Å². The molecule has 0 spiro atoms. The highest BCUT2D eigenvalue weighted by Gasteiger charge is 2.07. The fourth-order valence-electron chi connectivity index (χ4n) is 1.73. The minimum absolute atomic E-state index is 0.428. The number of hydrogen-bond acceptors (Lipinski definition) is 2. The van der Waals surface area contributed by atoms with E-state index in [4.69, 9.17) is 22.1 Å². The minimum atomic E-state index is 0.428. The Morgan fingerprint density at radius 2 is 1.83 bits per heavy atom. The molecule has 2 N–H and O–H groups in total. The van der Waals surface area contributed by atoms with Crippen molar-refractivity contribution >= 4 is 11.6 Å². The third-order valence-electron chi connectivity index (χ3n) is 2.81. The molecule has 0 atom stereocenters. The lowest BCUT2D eigenvalue weighted by Gasteiger charge is -2.13. The Balaban J connectivity index is 2.38. The van der Waals surface area contributed by atoms with Crippen LogP contribution in [-0.4, -0.2) is 0 Å². The third kappa shape index (κ3) is 2.84. The van der Waals surface area contributed by atoms with E-state index in [1.165, 1.54) is 0 Å². The van der Waals surface area contributed by atoms with Crippen molar-refractivity contribution < 1.29 is 4.74 Å². The summed E-state index contributed by atoms with van der Waals surface area (Å²) < 4.78 is 5.93. The van der Waals surface area contributed by atoms with E-state index in [2.05, 4.69) is 6.07 Å². The first-order valence-corrected chi connectivity index (χ1v) is 6.21. The van der Waals surface area contributed by atoms with E-state index in [1.807, 2.05) is 38.1 Å². The molecule has 94 valence electrons. The summed E-state index contributed by atoms with van der Waals surface area (Å²) in [7, 11) is 0. The maximum absolute atomic E-state index is 5.99. The van der Waals surface area contributed by atoms with E-state index in [9.17, 15) is 0 Å². The normalized spacial score (nSPS) is 10.4. The van der Waals surface area contributed by atoms with Crippen LogP contribution in [0.2, 0.25) is 5.02 Å². The molecule has 0 bridgehead atoms. The zero-order valence-electron chi connectivity index (χ0n) is 10.5. The Morgan fingerprint density at radius 3 is 2.56 bits per heavy atom. The smallest absolute Gasteiger partial charge is 0.133 e. The summed E-state index contributed by atoms with van der Waals surface area (Å²) in [6.07, 6.45) is 0. The maximum Gasteiger partial charge on any atom is 0.133 e. The standard InChI is InChI=1S/C15H16ClNO/c1-10-3-4-11(2)14(7-10)18-15-8-13(16)6-5-12(15)9-17/h3-8H,9,17H2,1-2H3. The zero-order chi connectivity index (χ0) is 13.1. The van der Waals surface area contributed by atoms with Gasteiger partial charge in [-0.1, -0.05) is 29.8 Å². The van der Waals surface area contributed by atoms with E-state index < -0.39 is 0 Å². The lowest BCUT2D eigenvalue weighted by Crippen LogP contribution is -2.00. The van der Waals surface area contributed by atoms with Gasteiger partial charge in [0.1, 0.15) is 11.5 Å². The average Bonchev–Trinajstić information content (AvgIpc) is 2.34. The summed E-state index contributed by atoms with van der Waals surface area (Å²) in [4.78, 5) is 0. The van der Waals surface area contributed by atoms with Gasteiger partial charge in [-0.2, -0.15) is 0 Å². The molecule has 0 aromatic heterocycles. The molecule has 0 unspecified atom stereocenters. The first kappa shape index (κ1) is 12.9. The molecule has 3 heteroatoms. The van der Waals surface area contributed by atoms with E-state index >= 15 is 0 Å². The number of hydrogen-bond donors (Lipinski definition) is 1. The van der Waals surface area contributed by atoms with E-state index in [1.54, 1.807) is 6.07 Å². The van der Waals surface area contributed by atoms with Crippen molar-refractivity contribution in [1.29, 1.82) is 0 Å². The van der Waals surface area contributed by atoms with Crippen LogP contribution in [0.4, 0.5) is 0 Å². The lowest BCUT2D eigenvalue weighted by molar-refractivity contribution is 0.472. The maximum atomic E-state index is 5.99. The predicted octanol–water partition coefficient (Wildman–Crippen LogP) is 4.21. The Kier molecular flexibility index (Phi) is 3.90. The number of nitrogens with two attached hydrogens (primary N) is 1. The van der Waals surface area contributed by atoms with Crippen molar-refractivity contribution in [3.8, 4) is 11.5 Å². The van der Waals surface area contributed by atoms with Gasteiger partial charge in [-0.3, -0.25) is 0 Å². The molecule has 0 heterocycles. The van der Waals surface area contributed by atoms with Gasteiger partial charge in [0.2, 0.25) is 0 Å². The molecule has 0 saturated heterocycles. The predicted molar refractivity (Wildman–Crippen MR) is 75.3 cm³/mol. The molecule has 2 nitrogen and oxygen atoms in total. The van der Waals surface area contributed by atoms with E-state index in [0.29, 0.717) is 11.6 Å². The highest BCUT2D eigenvalue weighted by atomic mass is 35.5. The van der Waals surface area contributed by atoms with Gasteiger partial charge >= 0.3 is 0 Å². The van der Waals surface area contributed by atoms with Crippen molar-refractivity contribution in [1.82, 2.24) is 0 Å². The quantitative estimate of drug-likeness (QED) is 0.898. The summed E-state index contributed by atoms with van der Waals surface area (Å²) in [6, 6.07) is 11.6. The Morgan fingerprint density at radius 1 is 1.06 bits per heavy atom. The summed E-state index contributed by atoms with van der Waals surface area (Å²) >= 11 is 5.99. The van der Waals surface area contributed by atoms with Gasteiger partial charge < -0.3 is 10.5 Å². The van der Waals surface area contributed by atoms with Gasteiger partial charge in [0.15, 0.2) is 0 Å². The van der Waals surface area contributed by atoms with Crippen LogP contribution < -0.4 is 10.5 Å². The number of halogens is 1. The van der Waals surface area contributed by atoms with Crippen molar-refractivity contribution in [3.63, 3.8) is 0 Å². The summed E-state index contributed by atoms with van der Waals surface area (Å²) in [6.45, 7) is 4.48. The molecule has 2 aromatic carbocycles. The van der Waals surface area contributed by atoms with Crippen LogP contribution in [0, 0.1) is 13.8 Å². The molecule has 2 aromatic rings. The average molecular weight is 262 g/mol. The molecule has 2 rings (SSSR count). The van der Waals surface area contributed by atoms with Gasteiger partial charge in [-0.15, -0.1) is 0 Å². The van der Waals surface area contributed by atoms with Crippen LogP contribution in [0.1, 0.15) is 16.7 Å². The van der Waals surface area contributed by atoms with Crippen LogP contribution >= 0.6 is 11.6 Å². The molecule has 0 aliphatic carbocycles. The van der Waals surface area contributed by atoms with Crippen molar-refractivity contribution in [3.05, 3.63) is 58.1 Å². The SMILES string of the molecule is Cc1ccc(C)c(Oc2cc(Cl)ccc2CN)c1. The van der Waals surface area contributed by atoms with E-state index in [0.717, 1.165) is 28.2 Å². The Bertz CT molecular complexity index is 566. The second kappa shape index (κ2) is 5.42. The van der Waals surface area contributed by atoms with Crippen LogP contribution in [0.5, 0.6) is 11.5 Å². The topological polar surface area (TPSA) is 35.2 Å². The lowest BCUT2D eigenvalue weighted by atomic mass is 10.1. The van der Waals surface area contributed by atoms with Gasteiger partial charge in [-0.25, -0.2) is 0 Å². The van der Waals surface area contributed by atoms with Crippen molar-refractivity contribution in [2.45, 2.75) is 20.4 Å². The molecule has 0 amide bonds. The molecule has 0 aliphatic heterocycles. The highest BCUT2D eigenvalue weighted by molar-refractivity contribution is 6.30. The molecule has 0 fully saturated rings. The summed E-state index contributed by atoms with van der Waals surface area (Å²) in [5.41, 5.74) is 8.89. The third-order valence-corrected chi connectivity index (χ3v) is 3.05. The molecular weight excluding hydrogens is 246 g/mol. The fourth-order valence-corrected chi connectivity index (χ4v) is 1.89. The molecule has 18 heavy (non-hydrogen) atoms. The van der Waals surface area contributed by atoms with Crippen LogP contribution in [0.3, 0.4) is 0 Å². The van der Waals surface area contributed by atoms with Crippen molar-refractivity contribution in [2.75, 3.05) is 0 Å². The molecule has 0 radical (unpaired) electrons. The van der Waals surface area contributed by atoms with E-state index in [-0.39, 0.29) is 0 Å². The number of ether oxygens (including phenoxy) is 1. The zero-order valence-corrected chi connectivity index (χ0v) is 11.3. The van der Waals surface area contributed by atoms with Crippen LogP contribution in [0.15, 0.2) is 36.4 Å².